The topological polar surface area (TPSA) is 117 Å². The normalized spacial score (nSPS) is 12.1. The van der Waals surface area contributed by atoms with Crippen molar-refractivity contribution in [1.82, 2.24) is 20.3 Å². The third-order valence-corrected chi connectivity index (χ3v) is 2.40. The van der Waals surface area contributed by atoms with Crippen molar-refractivity contribution >= 4 is 11.6 Å². The lowest BCUT2D eigenvalue weighted by Gasteiger charge is -2.10. The van der Waals surface area contributed by atoms with E-state index in [-0.39, 0.29) is 17.4 Å². The zero-order chi connectivity index (χ0) is 13.1. The largest absolute Gasteiger partial charge is 0.351 e. The van der Waals surface area contributed by atoms with Crippen molar-refractivity contribution in [3.05, 3.63) is 46.3 Å². The standard InChI is InChI=1S/C10H11N5O3/c1-6(9-11-2-3-12-9)14-10(16)8-4-7(5-13-8)15(17)18/h2-6,13H,1H3,(H,11,12)(H,14,16). The molecule has 0 aliphatic heterocycles. The van der Waals surface area contributed by atoms with Crippen molar-refractivity contribution in [2.24, 2.45) is 0 Å². The lowest BCUT2D eigenvalue weighted by atomic mass is 10.3. The minimum atomic E-state index is -0.566. The van der Waals surface area contributed by atoms with E-state index in [4.69, 9.17) is 0 Å². The molecule has 0 aliphatic carbocycles. The molecule has 2 rings (SSSR count). The third kappa shape index (κ3) is 2.37. The molecule has 94 valence electrons. The zero-order valence-corrected chi connectivity index (χ0v) is 9.51. The van der Waals surface area contributed by atoms with Crippen LogP contribution in [0.25, 0.3) is 0 Å². The van der Waals surface area contributed by atoms with Crippen molar-refractivity contribution in [2.45, 2.75) is 13.0 Å². The predicted octanol–water partition coefficient (Wildman–Crippen LogP) is 1.14. The number of carbonyl (C=O) groups is 1. The molecule has 0 fully saturated rings. The predicted molar refractivity (Wildman–Crippen MR) is 61.9 cm³/mol. The van der Waals surface area contributed by atoms with Crippen LogP contribution in [-0.2, 0) is 0 Å². The van der Waals surface area contributed by atoms with Crippen LogP contribution in [0.15, 0.2) is 24.7 Å². The first-order chi connectivity index (χ1) is 8.58. The van der Waals surface area contributed by atoms with Gasteiger partial charge in [0.05, 0.1) is 17.2 Å². The van der Waals surface area contributed by atoms with Gasteiger partial charge in [-0.2, -0.15) is 0 Å². The Labute approximate surface area is 102 Å². The van der Waals surface area contributed by atoms with Gasteiger partial charge in [-0.1, -0.05) is 0 Å². The molecule has 18 heavy (non-hydrogen) atoms. The summed E-state index contributed by atoms with van der Waals surface area (Å²) < 4.78 is 0. The smallest absolute Gasteiger partial charge is 0.287 e. The summed E-state index contributed by atoms with van der Waals surface area (Å²) in [6.07, 6.45) is 4.40. The molecule has 2 aromatic heterocycles. The summed E-state index contributed by atoms with van der Waals surface area (Å²) in [5, 5.41) is 13.1. The fourth-order valence-electron chi connectivity index (χ4n) is 1.48. The Kier molecular flexibility index (Phi) is 3.09. The summed E-state index contributed by atoms with van der Waals surface area (Å²) in [6, 6.07) is 0.874. The van der Waals surface area contributed by atoms with Crippen LogP contribution in [0.2, 0.25) is 0 Å². The number of nitrogens with one attached hydrogen (secondary N) is 3. The van der Waals surface area contributed by atoms with Gasteiger partial charge in [0.2, 0.25) is 0 Å². The second kappa shape index (κ2) is 4.70. The fraction of sp³-hybridized carbons (Fsp3) is 0.200. The first-order valence-electron chi connectivity index (χ1n) is 5.21. The van der Waals surface area contributed by atoms with Crippen LogP contribution in [0.3, 0.4) is 0 Å². The Bertz CT molecular complexity index is 560. The molecule has 0 aromatic carbocycles. The molecule has 0 saturated carbocycles. The summed E-state index contributed by atoms with van der Waals surface area (Å²) in [6.45, 7) is 1.76. The van der Waals surface area contributed by atoms with Crippen molar-refractivity contribution in [3.8, 4) is 0 Å². The van der Waals surface area contributed by atoms with Gasteiger partial charge < -0.3 is 15.3 Å². The maximum absolute atomic E-state index is 11.8. The SMILES string of the molecule is CC(NC(=O)c1cc([N+](=O)[O-])c[nH]1)c1ncc[nH]1. The highest BCUT2D eigenvalue weighted by Gasteiger charge is 2.17. The molecule has 1 amide bonds. The number of nitrogens with zero attached hydrogens (tertiary/aromatic N) is 2. The average molecular weight is 249 g/mol. The number of aromatic nitrogens is 3. The van der Waals surface area contributed by atoms with E-state index in [9.17, 15) is 14.9 Å². The highest BCUT2D eigenvalue weighted by atomic mass is 16.6. The molecule has 1 atom stereocenters. The lowest BCUT2D eigenvalue weighted by molar-refractivity contribution is -0.384. The Morgan fingerprint density at radius 2 is 2.33 bits per heavy atom. The van der Waals surface area contributed by atoms with Gasteiger partial charge in [-0.15, -0.1) is 0 Å². The molecule has 0 radical (unpaired) electrons. The molecule has 0 saturated heterocycles. The summed E-state index contributed by atoms with van der Waals surface area (Å²) >= 11 is 0. The molecule has 0 bridgehead atoms. The molecule has 0 spiro atoms. The molecule has 3 N–H and O–H groups in total. The molecule has 8 heteroatoms. The number of imidazole rings is 1. The molecular formula is C10H11N5O3. The van der Waals surface area contributed by atoms with Crippen molar-refractivity contribution in [1.29, 1.82) is 0 Å². The van der Waals surface area contributed by atoms with Crippen LogP contribution in [0.1, 0.15) is 29.3 Å². The Morgan fingerprint density at radius 1 is 1.56 bits per heavy atom. The van der Waals surface area contributed by atoms with E-state index in [1.807, 2.05) is 0 Å². The van der Waals surface area contributed by atoms with Crippen molar-refractivity contribution < 1.29 is 9.72 Å². The fourth-order valence-corrected chi connectivity index (χ4v) is 1.48. The highest BCUT2D eigenvalue weighted by molar-refractivity contribution is 5.93. The molecule has 2 aromatic rings. The zero-order valence-electron chi connectivity index (χ0n) is 9.51. The third-order valence-electron chi connectivity index (χ3n) is 2.40. The van der Waals surface area contributed by atoms with Crippen LogP contribution in [0.4, 0.5) is 5.69 Å². The number of amides is 1. The first kappa shape index (κ1) is 11.8. The van der Waals surface area contributed by atoms with Crippen LogP contribution >= 0.6 is 0 Å². The van der Waals surface area contributed by atoms with E-state index in [0.29, 0.717) is 5.82 Å². The van der Waals surface area contributed by atoms with Crippen LogP contribution in [-0.4, -0.2) is 25.8 Å². The van der Waals surface area contributed by atoms with E-state index in [1.165, 1.54) is 12.3 Å². The number of H-pyrrole nitrogens is 2. The number of hydrogen-bond acceptors (Lipinski definition) is 4. The second-order valence-electron chi connectivity index (χ2n) is 3.70. The Morgan fingerprint density at radius 3 is 2.89 bits per heavy atom. The van der Waals surface area contributed by atoms with Crippen LogP contribution < -0.4 is 5.32 Å². The number of rotatable bonds is 4. The maximum atomic E-state index is 11.8. The molecular weight excluding hydrogens is 238 g/mol. The number of carbonyl (C=O) groups excluding carboxylic acids is 1. The van der Waals surface area contributed by atoms with Gasteiger partial charge in [0.25, 0.3) is 11.6 Å². The molecule has 1 unspecified atom stereocenters. The van der Waals surface area contributed by atoms with Crippen molar-refractivity contribution in [3.63, 3.8) is 0 Å². The monoisotopic (exact) mass is 249 g/mol. The van der Waals surface area contributed by atoms with E-state index >= 15 is 0 Å². The quantitative estimate of drug-likeness (QED) is 0.556. The van der Waals surface area contributed by atoms with Gasteiger partial charge >= 0.3 is 0 Å². The van der Waals surface area contributed by atoms with E-state index < -0.39 is 10.8 Å². The second-order valence-corrected chi connectivity index (χ2v) is 3.70. The number of aromatic amines is 2. The van der Waals surface area contributed by atoms with E-state index in [0.717, 1.165) is 0 Å². The van der Waals surface area contributed by atoms with Gasteiger partial charge in [-0.05, 0) is 6.92 Å². The van der Waals surface area contributed by atoms with Gasteiger partial charge in [0.15, 0.2) is 0 Å². The molecule has 8 nitrogen and oxygen atoms in total. The minimum absolute atomic E-state index is 0.139. The number of nitro groups is 1. The van der Waals surface area contributed by atoms with Crippen LogP contribution in [0.5, 0.6) is 0 Å². The van der Waals surface area contributed by atoms with E-state index in [2.05, 4.69) is 20.3 Å². The maximum Gasteiger partial charge on any atom is 0.287 e. The minimum Gasteiger partial charge on any atom is -0.351 e. The van der Waals surface area contributed by atoms with Crippen molar-refractivity contribution in [2.75, 3.05) is 0 Å². The van der Waals surface area contributed by atoms with Gasteiger partial charge in [0.1, 0.15) is 11.5 Å². The highest BCUT2D eigenvalue weighted by Crippen LogP contribution is 2.13. The van der Waals surface area contributed by atoms with Gasteiger partial charge in [-0.3, -0.25) is 14.9 Å². The summed E-state index contributed by atoms with van der Waals surface area (Å²) in [4.78, 5) is 31.1. The summed E-state index contributed by atoms with van der Waals surface area (Å²) in [5.74, 6) is 0.191. The summed E-state index contributed by atoms with van der Waals surface area (Å²) in [5.41, 5.74) is -0.00842. The Hall–Kier alpha value is -2.64. The van der Waals surface area contributed by atoms with Gasteiger partial charge in [0, 0.05) is 18.5 Å². The average Bonchev–Trinajstić information content (AvgIpc) is 3.00. The molecule has 0 aliphatic rings. The lowest BCUT2D eigenvalue weighted by Crippen LogP contribution is -2.27. The molecule has 2 heterocycles. The van der Waals surface area contributed by atoms with E-state index in [1.54, 1.807) is 19.3 Å². The Balaban J connectivity index is 2.05. The first-order valence-corrected chi connectivity index (χ1v) is 5.21. The number of hydrogen-bond donors (Lipinski definition) is 3. The van der Waals surface area contributed by atoms with Crippen LogP contribution in [0, 0.1) is 10.1 Å². The summed E-state index contributed by atoms with van der Waals surface area (Å²) in [7, 11) is 0. The van der Waals surface area contributed by atoms with Gasteiger partial charge in [-0.25, -0.2) is 4.98 Å².